The van der Waals surface area contributed by atoms with Gasteiger partial charge in [0.15, 0.2) is 0 Å². The Hall–Kier alpha value is -2.20. The average molecular weight is 326 g/mol. The van der Waals surface area contributed by atoms with Crippen molar-refractivity contribution in [3.05, 3.63) is 71.5 Å². The van der Waals surface area contributed by atoms with Gasteiger partial charge < -0.3 is 5.32 Å². The molecule has 2 aromatic rings. The summed E-state index contributed by atoms with van der Waals surface area (Å²) >= 11 is 0. The number of hydrogen-bond donors (Lipinski definition) is 1. The SMILES string of the molecule is CC(=O)NC1(c2ccccc2F)CCN(Cc2ccccc2)CC1. The summed E-state index contributed by atoms with van der Waals surface area (Å²) in [6.45, 7) is 4.03. The van der Waals surface area contributed by atoms with Crippen LogP contribution in [0, 0.1) is 5.82 Å². The maximum atomic E-state index is 14.3. The molecule has 1 aliphatic rings. The highest BCUT2D eigenvalue weighted by Gasteiger charge is 2.38. The van der Waals surface area contributed by atoms with Gasteiger partial charge in [-0.25, -0.2) is 4.39 Å². The van der Waals surface area contributed by atoms with Crippen molar-refractivity contribution in [2.45, 2.75) is 31.8 Å². The van der Waals surface area contributed by atoms with E-state index >= 15 is 0 Å². The summed E-state index contributed by atoms with van der Waals surface area (Å²) in [4.78, 5) is 14.1. The number of rotatable bonds is 4. The first-order valence-corrected chi connectivity index (χ1v) is 8.39. The predicted octanol–water partition coefficient (Wildman–Crippen LogP) is 3.45. The minimum atomic E-state index is -0.607. The lowest BCUT2D eigenvalue weighted by molar-refractivity contribution is -0.121. The van der Waals surface area contributed by atoms with Crippen molar-refractivity contribution in [1.29, 1.82) is 0 Å². The molecule has 2 aromatic carbocycles. The van der Waals surface area contributed by atoms with E-state index in [0.717, 1.165) is 19.6 Å². The number of benzene rings is 2. The quantitative estimate of drug-likeness (QED) is 0.933. The van der Waals surface area contributed by atoms with Crippen LogP contribution in [0.2, 0.25) is 0 Å². The normalized spacial score (nSPS) is 17.4. The van der Waals surface area contributed by atoms with Crippen LogP contribution in [0.25, 0.3) is 0 Å². The van der Waals surface area contributed by atoms with E-state index in [1.807, 2.05) is 24.3 Å². The molecule has 126 valence electrons. The fraction of sp³-hybridized carbons (Fsp3) is 0.350. The molecule has 3 rings (SSSR count). The summed E-state index contributed by atoms with van der Waals surface area (Å²) in [5.41, 5.74) is 1.26. The predicted molar refractivity (Wildman–Crippen MR) is 92.8 cm³/mol. The molecule has 1 aliphatic heterocycles. The van der Waals surface area contributed by atoms with E-state index in [0.29, 0.717) is 18.4 Å². The van der Waals surface area contributed by atoms with Gasteiger partial charge in [0.05, 0.1) is 5.54 Å². The molecule has 0 unspecified atom stereocenters. The maximum Gasteiger partial charge on any atom is 0.217 e. The minimum Gasteiger partial charge on any atom is -0.347 e. The number of halogens is 1. The van der Waals surface area contributed by atoms with Crippen LogP contribution in [0.1, 0.15) is 30.9 Å². The molecule has 4 heteroatoms. The zero-order chi connectivity index (χ0) is 17.0. The summed E-state index contributed by atoms with van der Waals surface area (Å²) in [5.74, 6) is -0.363. The first kappa shape index (κ1) is 16.7. The van der Waals surface area contributed by atoms with Gasteiger partial charge in [-0.15, -0.1) is 0 Å². The van der Waals surface area contributed by atoms with E-state index in [9.17, 15) is 9.18 Å². The Bertz CT molecular complexity index is 694. The lowest BCUT2D eigenvalue weighted by Gasteiger charge is -2.42. The fourth-order valence-electron chi connectivity index (χ4n) is 3.58. The first-order chi connectivity index (χ1) is 11.6. The molecule has 0 bridgehead atoms. The smallest absolute Gasteiger partial charge is 0.217 e. The molecule has 3 nitrogen and oxygen atoms in total. The van der Waals surface area contributed by atoms with E-state index in [1.165, 1.54) is 18.6 Å². The Labute approximate surface area is 142 Å². The molecule has 0 aliphatic carbocycles. The zero-order valence-electron chi connectivity index (χ0n) is 14.0. The van der Waals surface area contributed by atoms with Crippen LogP contribution in [-0.2, 0) is 16.9 Å². The second-order valence-corrected chi connectivity index (χ2v) is 6.50. The van der Waals surface area contributed by atoms with E-state index in [1.54, 1.807) is 12.1 Å². The molecule has 1 N–H and O–H groups in total. The molecule has 24 heavy (non-hydrogen) atoms. The number of nitrogens with one attached hydrogen (secondary N) is 1. The van der Waals surface area contributed by atoms with Gasteiger partial charge in [-0.1, -0.05) is 48.5 Å². The Morgan fingerprint density at radius 3 is 2.33 bits per heavy atom. The number of hydrogen-bond acceptors (Lipinski definition) is 2. The van der Waals surface area contributed by atoms with Crippen molar-refractivity contribution in [1.82, 2.24) is 10.2 Å². The monoisotopic (exact) mass is 326 g/mol. The van der Waals surface area contributed by atoms with E-state index in [4.69, 9.17) is 0 Å². The fourth-order valence-corrected chi connectivity index (χ4v) is 3.58. The lowest BCUT2D eigenvalue weighted by atomic mass is 9.80. The highest BCUT2D eigenvalue weighted by molar-refractivity contribution is 5.74. The van der Waals surface area contributed by atoms with Crippen LogP contribution in [0.4, 0.5) is 4.39 Å². The third kappa shape index (κ3) is 3.65. The Morgan fingerprint density at radius 2 is 1.71 bits per heavy atom. The number of carbonyl (C=O) groups is 1. The van der Waals surface area contributed by atoms with E-state index < -0.39 is 5.54 Å². The zero-order valence-corrected chi connectivity index (χ0v) is 14.0. The van der Waals surface area contributed by atoms with Gasteiger partial charge >= 0.3 is 0 Å². The molecular weight excluding hydrogens is 303 g/mol. The summed E-state index contributed by atoms with van der Waals surface area (Å²) in [6.07, 6.45) is 1.42. The molecule has 1 heterocycles. The Balaban J connectivity index is 1.76. The van der Waals surface area contributed by atoms with Crippen LogP contribution in [0.3, 0.4) is 0 Å². The number of nitrogens with zero attached hydrogens (tertiary/aromatic N) is 1. The number of likely N-dealkylation sites (tertiary alicyclic amines) is 1. The van der Waals surface area contributed by atoms with Crippen LogP contribution in [0.15, 0.2) is 54.6 Å². The van der Waals surface area contributed by atoms with E-state index in [-0.39, 0.29) is 11.7 Å². The number of amides is 1. The number of piperidine rings is 1. The van der Waals surface area contributed by atoms with Crippen molar-refractivity contribution in [3.63, 3.8) is 0 Å². The van der Waals surface area contributed by atoms with Gasteiger partial charge in [0.25, 0.3) is 0 Å². The summed E-state index contributed by atoms with van der Waals surface area (Å²) in [5, 5.41) is 3.03. The largest absolute Gasteiger partial charge is 0.347 e. The highest BCUT2D eigenvalue weighted by atomic mass is 19.1. The summed E-state index contributed by atoms with van der Waals surface area (Å²) < 4.78 is 14.3. The molecule has 1 saturated heterocycles. The molecule has 1 fully saturated rings. The molecule has 0 spiro atoms. The van der Waals surface area contributed by atoms with Gasteiger partial charge in [0, 0.05) is 32.1 Å². The molecule has 0 aromatic heterocycles. The van der Waals surface area contributed by atoms with Crippen LogP contribution in [0.5, 0.6) is 0 Å². The van der Waals surface area contributed by atoms with E-state index in [2.05, 4.69) is 22.3 Å². The Kier molecular flexibility index (Phi) is 4.95. The molecule has 0 saturated carbocycles. The third-order valence-corrected chi connectivity index (χ3v) is 4.76. The van der Waals surface area contributed by atoms with Gasteiger partial charge in [0.1, 0.15) is 5.82 Å². The van der Waals surface area contributed by atoms with Crippen LogP contribution >= 0.6 is 0 Å². The van der Waals surface area contributed by atoms with Crippen molar-refractivity contribution in [3.8, 4) is 0 Å². The average Bonchev–Trinajstić information content (AvgIpc) is 2.58. The Morgan fingerprint density at radius 1 is 1.08 bits per heavy atom. The molecule has 1 amide bonds. The van der Waals surface area contributed by atoms with Gasteiger partial charge in [-0.2, -0.15) is 0 Å². The minimum absolute atomic E-state index is 0.116. The summed E-state index contributed by atoms with van der Waals surface area (Å²) in [6, 6.07) is 17.1. The topological polar surface area (TPSA) is 32.3 Å². The standard InChI is InChI=1S/C20H23FN2O/c1-16(24)22-20(18-9-5-6-10-19(18)21)11-13-23(14-12-20)15-17-7-3-2-4-8-17/h2-10H,11-15H2,1H3,(H,22,24). The summed E-state index contributed by atoms with van der Waals surface area (Å²) in [7, 11) is 0. The second-order valence-electron chi connectivity index (χ2n) is 6.50. The molecule has 0 atom stereocenters. The third-order valence-electron chi connectivity index (χ3n) is 4.76. The van der Waals surface area contributed by atoms with Crippen molar-refractivity contribution < 1.29 is 9.18 Å². The lowest BCUT2D eigenvalue weighted by Crippen LogP contribution is -2.52. The highest BCUT2D eigenvalue weighted by Crippen LogP contribution is 2.35. The maximum absolute atomic E-state index is 14.3. The molecule has 0 radical (unpaired) electrons. The molecular formula is C20H23FN2O. The van der Waals surface area contributed by atoms with Crippen molar-refractivity contribution in [2.24, 2.45) is 0 Å². The van der Waals surface area contributed by atoms with Crippen molar-refractivity contribution >= 4 is 5.91 Å². The van der Waals surface area contributed by atoms with Crippen molar-refractivity contribution in [2.75, 3.05) is 13.1 Å². The van der Waals surface area contributed by atoms with Crippen LogP contribution < -0.4 is 5.32 Å². The first-order valence-electron chi connectivity index (χ1n) is 8.39. The van der Waals surface area contributed by atoms with Gasteiger partial charge in [0.2, 0.25) is 5.91 Å². The van der Waals surface area contributed by atoms with Gasteiger partial charge in [-0.3, -0.25) is 9.69 Å². The number of carbonyl (C=O) groups excluding carboxylic acids is 1. The second kappa shape index (κ2) is 7.14. The van der Waals surface area contributed by atoms with Crippen LogP contribution in [-0.4, -0.2) is 23.9 Å². The van der Waals surface area contributed by atoms with Gasteiger partial charge in [-0.05, 0) is 24.5 Å².